The van der Waals surface area contributed by atoms with Crippen LogP contribution in [0.1, 0.15) is 0 Å². The van der Waals surface area contributed by atoms with Crippen LogP contribution in [0.4, 0.5) is 0 Å². The van der Waals surface area contributed by atoms with E-state index in [1.165, 1.54) is 0 Å². The minimum atomic E-state index is -3.00. The minimum absolute atomic E-state index is 0.163. The summed E-state index contributed by atoms with van der Waals surface area (Å²) in [6.45, 7) is -2.01. The van der Waals surface area contributed by atoms with Crippen LogP contribution in [-0.4, -0.2) is 120 Å². The van der Waals surface area contributed by atoms with E-state index < -0.39 is 67.6 Å². The van der Waals surface area contributed by atoms with Crippen LogP contribution in [0.2, 0.25) is 0 Å². The van der Waals surface area contributed by atoms with E-state index in [1.54, 1.807) is 0 Å². The molecule has 1 fully saturated rings. The number of hydrogen-bond acceptors (Lipinski definition) is 11. The van der Waals surface area contributed by atoms with Gasteiger partial charge in [0.15, 0.2) is 6.29 Å². The Morgan fingerprint density at radius 2 is 1.61 bits per heavy atom. The highest BCUT2D eigenvalue weighted by Gasteiger charge is 2.59. The molecular formula is C12H22O11. The van der Waals surface area contributed by atoms with Gasteiger partial charge in [0.05, 0.1) is 13.2 Å². The molecule has 0 aromatic heterocycles. The molecule has 9 atom stereocenters. The Morgan fingerprint density at radius 1 is 1.04 bits per heavy atom. The summed E-state index contributed by atoms with van der Waals surface area (Å²) in [5, 5.41) is 87.1. The first-order valence-electron chi connectivity index (χ1n) is 6.79. The normalized spacial score (nSPS) is 38.4. The Hall–Kier alpha value is -0.730. The van der Waals surface area contributed by atoms with Crippen molar-refractivity contribution in [1.29, 1.82) is 0 Å². The summed E-state index contributed by atoms with van der Waals surface area (Å²) in [5.74, 6) is 0. The summed E-state index contributed by atoms with van der Waals surface area (Å²) >= 11 is 0. The van der Waals surface area contributed by atoms with Crippen molar-refractivity contribution < 1.29 is 55.5 Å². The van der Waals surface area contributed by atoms with Crippen molar-refractivity contribution in [3.8, 4) is 0 Å². The van der Waals surface area contributed by atoms with E-state index in [-0.39, 0.29) is 6.29 Å². The van der Waals surface area contributed by atoms with E-state index in [0.717, 1.165) is 0 Å². The molecule has 0 amide bonds. The summed E-state index contributed by atoms with van der Waals surface area (Å²) in [6, 6.07) is 0. The van der Waals surface area contributed by atoms with Gasteiger partial charge in [0.1, 0.15) is 54.4 Å². The molecule has 23 heavy (non-hydrogen) atoms. The summed E-state index contributed by atoms with van der Waals surface area (Å²) in [4.78, 5) is 10.6. The van der Waals surface area contributed by atoms with Crippen molar-refractivity contribution in [2.24, 2.45) is 0 Å². The van der Waals surface area contributed by atoms with Crippen LogP contribution in [0.25, 0.3) is 0 Å². The molecule has 0 aromatic carbocycles. The van der Waals surface area contributed by atoms with Gasteiger partial charge in [-0.3, -0.25) is 0 Å². The van der Waals surface area contributed by atoms with Gasteiger partial charge in [0.2, 0.25) is 0 Å². The molecule has 0 aliphatic carbocycles. The monoisotopic (exact) mass is 342 g/mol. The van der Waals surface area contributed by atoms with E-state index in [2.05, 4.69) is 0 Å². The molecule has 0 aromatic rings. The molecule has 11 nitrogen and oxygen atoms in total. The lowest BCUT2D eigenvalue weighted by molar-refractivity contribution is -0.309. The summed E-state index contributed by atoms with van der Waals surface area (Å²) in [6.07, 6.45) is -16.3. The second-order valence-corrected chi connectivity index (χ2v) is 5.41. The van der Waals surface area contributed by atoms with Crippen LogP contribution in [0.3, 0.4) is 0 Å². The van der Waals surface area contributed by atoms with Crippen molar-refractivity contribution in [3.63, 3.8) is 0 Å². The standard InChI is InChI=1S/C12H22O11/c13-1-4(16)10(21)12(22,6(17)3-15)11-9(20)8(19)7(18)5(2-14)23-11/h1,4-11,14-22H,2-3H2/t4-,5+,6+,7+,8-,9+,10+,11-,12+/m0/s1. The lowest BCUT2D eigenvalue weighted by Crippen LogP contribution is -2.73. The van der Waals surface area contributed by atoms with Gasteiger partial charge in [-0.1, -0.05) is 0 Å². The van der Waals surface area contributed by atoms with Crippen molar-refractivity contribution >= 4 is 6.29 Å². The summed E-state index contributed by atoms with van der Waals surface area (Å²) in [7, 11) is 0. The molecule has 1 saturated heterocycles. The highest BCUT2D eigenvalue weighted by molar-refractivity contribution is 5.57. The van der Waals surface area contributed by atoms with Crippen molar-refractivity contribution in [3.05, 3.63) is 0 Å². The average molecular weight is 342 g/mol. The lowest BCUT2D eigenvalue weighted by atomic mass is 9.76. The zero-order valence-electron chi connectivity index (χ0n) is 12.0. The van der Waals surface area contributed by atoms with E-state index in [1.807, 2.05) is 0 Å². The molecule has 0 radical (unpaired) electrons. The number of aldehydes is 1. The first kappa shape index (κ1) is 20.3. The van der Waals surface area contributed by atoms with Gasteiger partial charge in [0.25, 0.3) is 0 Å². The minimum Gasteiger partial charge on any atom is -0.394 e. The van der Waals surface area contributed by atoms with Crippen molar-refractivity contribution in [2.45, 2.75) is 54.4 Å². The van der Waals surface area contributed by atoms with Gasteiger partial charge in [0, 0.05) is 0 Å². The maximum absolute atomic E-state index is 10.6. The number of carbonyl (C=O) groups is 1. The van der Waals surface area contributed by atoms with Crippen LogP contribution in [0.5, 0.6) is 0 Å². The second kappa shape index (κ2) is 7.90. The van der Waals surface area contributed by atoms with Gasteiger partial charge in [-0.15, -0.1) is 0 Å². The number of ether oxygens (including phenoxy) is 1. The molecule has 136 valence electrons. The zero-order chi connectivity index (χ0) is 17.9. The Balaban J connectivity index is 3.27. The zero-order valence-corrected chi connectivity index (χ0v) is 12.0. The molecule has 1 aliphatic rings. The van der Waals surface area contributed by atoms with Crippen LogP contribution in [-0.2, 0) is 9.53 Å². The van der Waals surface area contributed by atoms with Crippen LogP contribution < -0.4 is 0 Å². The fourth-order valence-corrected chi connectivity index (χ4v) is 2.53. The Morgan fingerprint density at radius 3 is 2.04 bits per heavy atom. The van der Waals surface area contributed by atoms with Crippen LogP contribution in [0.15, 0.2) is 0 Å². The predicted octanol–water partition coefficient (Wildman–Crippen LogP) is -6.17. The van der Waals surface area contributed by atoms with E-state index >= 15 is 0 Å². The Kier molecular flexibility index (Phi) is 6.97. The molecule has 9 N–H and O–H groups in total. The molecule has 0 spiro atoms. The number of hydrogen-bond donors (Lipinski definition) is 9. The van der Waals surface area contributed by atoms with Crippen molar-refractivity contribution in [1.82, 2.24) is 0 Å². The quantitative estimate of drug-likeness (QED) is 0.199. The number of carbonyl (C=O) groups excluding carboxylic acids is 1. The van der Waals surface area contributed by atoms with Crippen LogP contribution in [0, 0.1) is 0 Å². The average Bonchev–Trinajstić information content (AvgIpc) is 2.56. The highest BCUT2D eigenvalue weighted by Crippen LogP contribution is 2.33. The van der Waals surface area contributed by atoms with Gasteiger partial charge < -0.3 is 55.5 Å². The summed E-state index contributed by atoms with van der Waals surface area (Å²) < 4.78 is 5.02. The molecule has 0 unspecified atom stereocenters. The molecule has 0 saturated carbocycles. The number of aliphatic hydroxyl groups is 9. The molecular weight excluding hydrogens is 320 g/mol. The van der Waals surface area contributed by atoms with Gasteiger partial charge in [-0.25, -0.2) is 0 Å². The third-order valence-electron chi connectivity index (χ3n) is 3.99. The van der Waals surface area contributed by atoms with Crippen LogP contribution >= 0.6 is 0 Å². The lowest BCUT2D eigenvalue weighted by Gasteiger charge is -2.49. The van der Waals surface area contributed by atoms with Crippen molar-refractivity contribution in [2.75, 3.05) is 13.2 Å². The fourth-order valence-electron chi connectivity index (χ4n) is 2.53. The Bertz CT molecular complexity index is 391. The maximum Gasteiger partial charge on any atom is 0.151 e. The number of rotatable bonds is 7. The number of aliphatic hydroxyl groups excluding tert-OH is 8. The van der Waals surface area contributed by atoms with Gasteiger partial charge in [-0.05, 0) is 0 Å². The summed E-state index contributed by atoms with van der Waals surface area (Å²) in [5.41, 5.74) is -3.00. The first-order chi connectivity index (χ1) is 10.7. The first-order valence-corrected chi connectivity index (χ1v) is 6.79. The largest absolute Gasteiger partial charge is 0.394 e. The molecule has 1 heterocycles. The molecule has 0 bridgehead atoms. The SMILES string of the molecule is O=C[C@H](O)[C@@H](O)[C@](O)([C@H](O)CO)[C@H]1O[C@H](CO)[C@@H](O)[C@H](O)[C@H]1O. The highest BCUT2D eigenvalue weighted by atomic mass is 16.6. The van der Waals surface area contributed by atoms with E-state index in [9.17, 15) is 40.5 Å². The molecule has 1 aliphatic heterocycles. The molecule has 1 rings (SSSR count). The Labute approximate surface area is 130 Å². The second-order valence-electron chi connectivity index (χ2n) is 5.41. The molecule has 11 heteroatoms. The van der Waals surface area contributed by atoms with E-state index in [0.29, 0.717) is 0 Å². The van der Waals surface area contributed by atoms with Gasteiger partial charge in [-0.2, -0.15) is 0 Å². The fraction of sp³-hybridized carbons (Fsp3) is 0.917. The topological polar surface area (TPSA) is 208 Å². The van der Waals surface area contributed by atoms with E-state index in [4.69, 9.17) is 14.9 Å². The third kappa shape index (κ3) is 3.53. The third-order valence-corrected chi connectivity index (χ3v) is 3.99. The maximum atomic E-state index is 10.6. The van der Waals surface area contributed by atoms with Gasteiger partial charge >= 0.3 is 0 Å². The predicted molar refractivity (Wildman–Crippen MR) is 69.9 cm³/mol. The smallest absolute Gasteiger partial charge is 0.151 e.